The molecule has 0 aromatic heterocycles. The number of hydrogen-bond donors (Lipinski definition) is 0. The molecule has 0 saturated carbocycles. The summed E-state index contributed by atoms with van der Waals surface area (Å²) >= 11 is 0. The largest absolute Gasteiger partial charge is 0.756 e. The van der Waals surface area contributed by atoms with Gasteiger partial charge in [0.25, 0.3) is 7.82 Å². The average molecular weight is 1260 g/mol. The monoisotopic (exact) mass is 1260 g/mol. The summed E-state index contributed by atoms with van der Waals surface area (Å²) in [6.07, 6.45) is 97.5. The minimum atomic E-state index is -4.65. The van der Waals surface area contributed by atoms with Crippen LogP contribution in [-0.4, -0.2) is 70.0 Å². The molecule has 9 nitrogen and oxygen atoms in total. The molecular weight excluding hydrogens is 1120 g/mol. The fourth-order valence-corrected chi connectivity index (χ4v) is 11.1. The lowest BCUT2D eigenvalue weighted by molar-refractivity contribution is -0.870. The van der Waals surface area contributed by atoms with E-state index in [0.717, 1.165) is 103 Å². The zero-order valence-corrected chi connectivity index (χ0v) is 59.5. The van der Waals surface area contributed by atoms with Gasteiger partial charge >= 0.3 is 11.9 Å². The summed E-state index contributed by atoms with van der Waals surface area (Å²) in [5.41, 5.74) is 0. The molecule has 0 amide bonds. The second kappa shape index (κ2) is 69.0. The lowest BCUT2D eigenvalue weighted by Gasteiger charge is -2.28. The molecule has 10 heteroatoms. The van der Waals surface area contributed by atoms with E-state index < -0.39 is 26.5 Å². The van der Waals surface area contributed by atoms with Crippen LogP contribution in [0.1, 0.15) is 328 Å². The number of rotatable bonds is 68. The molecule has 2 unspecified atom stereocenters. The van der Waals surface area contributed by atoms with Crippen molar-refractivity contribution in [3.63, 3.8) is 0 Å². The van der Waals surface area contributed by atoms with Gasteiger partial charge in [0.15, 0.2) is 6.10 Å². The van der Waals surface area contributed by atoms with Gasteiger partial charge < -0.3 is 27.9 Å². The molecule has 0 aliphatic rings. The van der Waals surface area contributed by atoms with E-state index in [4.69, 9.17) is 18.5 Å². The topological polar surface area (TPSA) is 111 Å². The molecule has 0 aromatic carbocycles. The number of allylic oxidation sites excluding steroid dienone is 18. The molecule has 0 radical (unpaired) electrons. The number of nitrogens with zero attached hydrogens (tertiary/aromatic N) is 1. The van der Waals surface area contributed by atoms with E-state index in [0.29, 0.717) is 17.4 Å². The number of hydrogen-bond acceptors (Lipinski definition) is 8. The fourth-order valence-electron chi connectivity index (χ4n) is 10.4. The predicted octanol–water partition coefficient (Wildman–Crippen LogP) is 23.8. The number of phosphoric ester groups is 1. The van der Waals surface area contributed by atoms with E-state index >= 15 is 0 Å². The highest BCUT2D eigenvalue weighted by Gasteiger charge is 2.22. The maximum atomic E-state index is 12.9. The Labute approximate surface area is 550 Å². The summed E-state index contributed by atoms with van der Waals surface area (Å²) < 4.78 is 34.4. The smallest absolute Gasteiger partial charge is 0.306 e. The van der Waals surface area contributed by atoms with Gasteiger partial charge in [-0.1, -0.05) is 342 Å². The minimum absolute atomic E-state index is 0.0336. The van der Waals surface area contributed by atoms with E-state index in [1.807, 2.05) is 21.1 Å². The van der Waals surface area contributed by atoms with Gasteiger partial charge in [0.1, 0.15) is 19.8 Å². The molecule has 0 aliphatic carbocycles. The number of phosphoric acid groups is 1. The summed E-state index contributed by atoms with van der Waals surface area (Å²) in [6, 6.07) is 0. The first-order valence-corrected chi connectivity index (χ1v) is 38.6. The van der Waals surface area contributed by atoms with Gasteiger partial charge in [-0.3, -0.25) is 14.2 Å². The van der Waals surface area contributed by atoms with Crippen molar-refractivity contribution in [3.8, 4) is 0 Å². The summed E-state index contributed by atoms with van der Waals surface area (Å²) in [5.74, 6) is -0.827. The van der Waals surface area contributed by atoms with Crippen LogP contribution in [0.3, 0.4) is 0 Å². The summed E-state index contributed by atoms with van der Waals surface area (Å²) in [7, 11) is 1.17. The Kier molecular flexibility index (Phi) is 66.4. The van der Waals surface area contributed by atoms with E-state index in [1.54, 1.807) is 0 Å². The number of carbonyl (C=O) groups is 2. The van der Waals surface area contributed by atoms with E-state index in [9.17, 15) is 19.0 Å². The van der Waals surface area contributed by atoms with E-state index in [1.165, 1.54) is 193 Å². The van der Waals surface area contributed by atoms with Crippen LogP contribution < -0.4 is 4.89 Å². The molecule has 0 spiro atoms. The molecule has 0 N–H and O–H groups in total. The molecule has 0 aliphatic heterocycles. The number of likely N-dealkylation sites (N-methyl/N-ethyl adjacent to an activating group) is 1. The van der Waals surface area contributed by atoms with Crippen LogP contribution in [0.15, 0.2) is 109 Å². The van der Waals surface area contributed by atoms with Crippen LogP contribution in [0.2, 0.25) is 0 Å². The summed E-state index contributed by atoms with van der Waals surface area (Å²) in [5, 5.41) is 0. The minimum Gasteiger partial charge on any atom is -0.756 e. The number of ether oxygens (including phenoxy) is 2. The summed E-state index contributed by atoms with van der Waals surface area (Å²) in [4.78, 5) is 38.1. The molecule has 0 rings (SSSR count). The van der Waals surface area contributed by atoms with Crippen LogP contribution in [0.5, 0.6) is 0 Å². The highest BCUT2D eigenvalue weighted by Crippen LogP contribution is 2.38. The maximum Gasteiger partial charge on any atom is 0.306 e. The van der Waals surface area contributed by atoms with Gasteiger partial charge in [0.05, 0.1) is 27.7 Å². The fraction of sp³-hybridized carbons (Fsp3) is 0.747. The lowest BCUT2D eigenvalue weighted by Crippen LogP contribution is -2.37. The van der Waals surface area contributed by atoms with E-state index in [-0.39, 0.29) is 32.0 Å². The van der Waals surface area contributed by atoms with Gasteiger partial charge in [0.2, 0.25) is 0 Å². The van der Waals surface area contributed by atoms with Crippen molar-refractivity contribution in [1.29, 1.82) is 0 Å². The van der Waals surface area contributed by atoms with Crippen molar-refractivity contribution < 1.29 is 42.1 Å². The average Bonchev–Trinajstić information content (AvgIpc) is 3.60. The molecule has 2 atom stereocenters. The third kappa shape index (κ3) is 73.6. The highest BCUT2D eigenvalue weighted by molar-refractivity contribution is 7.45. The second-order valence-corrected chi connectivity index (χ2v) is 27.3. The molecule has 0 fully saturated rings. The van der Waals surface area contributed by atoms with Crippen molar-refractivity contribution in [3.05, 3.63) is 109 Å². The molecule has 0 aromatic rings. The maximum absolute atomic E-state index is 12.9. The first-order chi connectivity index (χ1) is 43.5. The number of carbonyl (C=O) groups excluding carboxylic acids is 2. The van der Waals surface area contributed by atoms with Crippen molar-refractivity contribution in [2.75, 3.05) is 47.5 Å². The Morgan fingerprint density at radius 3 is 0.955 bits per heavy atom. The van der Waals surface area contributed by atoms with Crippen molar-refractivity contribution in [2.24, 2.45) is 0 Å². The van der Waals surface area contributed by atoms with Gasteiger partial charge in [-0.25, -0.2) is 0 Å². The molecule has 0 heterocycles. The quantitative estimate of drug-likeness (QED) is 0.0195. The van der Waals surface area contributed by atoms with Crippen molar-refractivity contribution in [1.82, 2.24) is 0 Å². The van der Waals surface area contributed by atoms with Gasteiger partial charge in [-0.05, 0) is 83.5 Å². The Morgan fingerprint density at radius 2 is 0.640 bits per heavy atom. The molecular formula is C79H140NO8P. The molecule has 0 bridgehead atoms. The van der Waals surface area contributed by atoms with Gasteiger partial charge in [0, 0.05) is 12.8 Å². The zero-order chi connectivity index (χ0) is 64.8. The van der Waals surface area contributed by atoms with Crippen molar-refractivity contribution >= 4 is 19.8 Å². The van der Waals surface area contributed by atoms with Crippen LogP contribution >= 0.6 is 7.82 Å². The number of esters is 2. The highest BCUT2D eigenvalue weighted by atomic mass is 31.2. The number of unbranched alkanes of at least 4 members (excludes halogenated alkanes) is 36. The van der Waals surface area contributed by atoms with Crippen LogP contribution in [0.25, 0.3) is 0 Å². The predicted molar refractivity (Wildman–Crippen MR) is 383 cm³/mol. The first-order valence-electron chi connectivity index (χ1n) is 37.1. The van der Waals surface area contributed by atoms with Crippen LogP contribution in [0, 0.1) is 0 Å². The SMILES string of the molecule is CC/C=C\C/C=C\C/C=C\C/C=C\C/C=C\C/C=C\C/C=C\C/C=C\C/C=C\CCCCCCCCCCCCCC(=O)OC(COC(=O)CCCCCCCCCCCCCCCCCCCCCCCCCCCC)COP(=O)([O-])OCC[N+](C)(C)C. The normalized spacial score (nSPS) is 13.7. The molecule has 514 valence electrons. The number of quaternary nitrogens is 1. The van der Waals surface area contributed by atoms with Crippen molar-refractivity contribution in [2.45, 2.75) is 335 Å². The van der Waals surface area contributed by atoms with Crippen LogP contribution in [0.4, 0.5) is 0 Å². The molecule has 89 heavy (non-hydrogen) atoms. The van der Waals surface area contributed by atoms with E-state index in [2.05, 4.69) is 123 Å². The lowest BCUT2D eigenvalue weighted by atomic mass is 10.0. The summed E-state index contributed by atoms with van der Waals surface area (Å²) in [6.45, 7) is 4.16. The molecule has 0 saturated heterocycles. The van der Waals surface area contributed by atoms with Crippen LogP contribution in [-0.2, 0) is 32.7 Å². The zero-order valence-electron chi connectivity index (χ0n) is 58.6. The Morgan fingerprint density at radius 1 is 0.360 bits per heavy atom. The Hall–Kier alpha value is -3.33. The Bertz CT molecular complexity index is 1870. The second-order valence-electron chi connectivity index (χ2n) is 25.9. The van der Waals surface area contributed by atoms with Gasteiger partial charge in [-0.2, -0.15) is 0 Å². The third-order valence-electron chi connectivity index (χ3n) is 16.1. The Balaban J connectivity index is 4.04. The first kappa shape index (κ1) is 85.7. The van der Waals surface area contributed by atoms with Gasteiger partial charge in [-0.15, -0.1) is 0 Å². The standard InChI is InChI=1S/C79H140NO8P/c1-6-8-10-12-14-16-18-20-22-24-26-28-30-32-34-35-36-37-38-39-40-41-42-43-44-45-46-48-50-52-54-56-58-60-62-64-66-68-70-72-79(82)88-77(76-87-89(83,84)86-74-73-80(3,4)5)75-85-78(81)71-69-67-65-63-61-59-57-55-53-51-49-47-33-31-29-27-25-23-21-19-17-15-13-11-9-7-2/h8,10,14,16,20,22,26,28,32,34,36-37,39-40,42-43,45-46,77H,6-7,9,11-13,15,17-19,21,23-25,27,29-31,33,35,38,41,44,47-76H2,1-5H3/b10-8-,16-14-,22-20-,28-26-,34-32-,37-36-,40-39-,43-42-,46-45-. The third-order valence-corrected chi connectivity index (χ3v) is 17.0.